The van der Waals surface area contributed by atoms with E-state index in [1.807, 2.05) is 0 Å². The molecule has 0 aliphatic heterocycles. The van der Waals surface area contributed by atoms with Crippen molar-refractivity contribution in [3.63, 3.8) is 0 Å². The van der Waals surface area contributed by atoms with E-state index in [0.717, 1.165) is 43.6 Å². The van der Waals surface area contributed by atoms with Gasteiger partial charge >= 0.3 is 0 Å². The molecule has 4 aliphatic carbocycles. The highest BCUT2D eigenvalue weighted by Crippen LogP contribution is 2.60. The molecule has 1 amide bonds. The number of aromatic nitrogens is 1. The zero-order valence-corrected chi connectivity index (χ0v) is 20.3. The number of amides is 1. The van der Waals surface area contributed by atoms with Gasteiger partial charge in [-0.15, -0.1) is 0 Å². The van der Waals surface area contributed by atoms with Gasteiger partial charge in [0.2, 0.25) is 5.91 Å². The number of rotatable bonds is 7. The molecule has 34 heavy (non-hydrogen) atoms. The maximum Gasteiger partial charge on any atom is 0.229 e. The molecule has 7 rings (SSSR count). The van der Waals surface area contributed by atoms with Crippen LogP contribution in [0.5, 0.6) is 0 Å². The Morgan fingerprint density at radius 3 is 2.18 bits per heavy atom. The molecule has 4 bridgehead atoms. The van der Waals surface area contributed by atoms with E-state index >= 15 is 0 Å². The maximum atomic E-state index is 14.4. The number of benzene rings is 2. The lowest BCUT2D eigenvalue weighted by atomic mass is 9.49. The predicted molar refractivity (Wildman–Crippen MR) is 136 cm³/mol. The number of hydrogen-bond donors (Lipinski definition) is 0. The fourth-order valence-electron chi connectivity index (χ4n) is 7.63. The van der Waals surface area contributed by atoms with Crippen molar-refractivity contribution in [1.82, 2.24) is 9.47 Å². The first-order chi connectivity index (χ1) is 16.6. The van der Waals surface area contributed by atoms with Gasteiger partial charge in [-0.25, -0.2) is 0 Å². The predicted octanol–water partition coefficient (Wildman–Crippen LogP) is 6.59. The quantitative estimate of drug-likeness (QED) is 0.397. The molecule has 0 unspecified atom stereocenters. The highest BCUT2D eigenvalue weighted by Gasteiger charge is 2.55. The first-order valence-electron chi connectivity index (χ1n) is 13.1. The molecule has 1 heterocycles. The van der Waals surface area contributed by atoms with Crippen molar-refractivity contribution in [2.75, 3.05) is 0 Å². The van der Waals surface area contributed by atoms with Gasteiger partial charge < -0.3 is 9.47 Å². The van der Waals surface area contributed by atoms with Crippen molar-refractivity contribution in [3.05, 3.63) is 95.3 Å². The Labute approximate surface area is 203 Å². The molecular weight excluding hydrogens is 416 g/mol. The second kappa shape index (κ2) is 8.76. The third-order valence-electron chi connectivity index (χ3n) is 8.87. The molecule has 0 atom stereocenters. The van der Waals surface area contributed by atoms with Crippen LogP contribution in [0.15, 0.2) is 72.9 Å². The summed E-state index contributed by atoms with van der Waals surface area (Å²) in [5.74, 6) is 2.75. The van der Waals surface area contributed by atoms with Gasteiger partial charge in [0.15, 0.2) is 0 Å². The Kier molecular flexibility index (Phi) is 5.59. The molecule has 4 aliphatic rings. The summed E-state index contributed by atoms with van der Waals surface area (Å²) in [6, 6.07) is 23.5. The second-order valence-corrected chi connectivity index (χ2v) is 11.4. The van der Waals surface area contributed by atoms with Gasteiger partial charge in [0, 0.05) is 25.0 Å². The SMILES string of the molecule is Cc1ccccc1Cn1cccc1CN(Cc1ccccc1)C(=O)C12CC3CC(CC(C3)C1)C2. The maximum absolute atomic E-state index is 14.4. The molecule has 0 radical (unpaired) electrons. The summed E-state index contributed by atoms with van der Waals surface area (Å²) in [5.41, 5.74) is 4.97. The van der Waals surface area contributed by atoms with E-state index in [-0.39, 0.29) is 5.41 Å². The van der Waals surface area contributed by atoms with E-state index in [1.54, 1.807) is 0 Å². The van der Waals surface area contributed by atoms with Crippen LogP contribution in [-0.4, -0.2) is 15.4 Å². The summed E-state index contributed by atoms with van der Waals surface area (Å²) in [6.07, 6.45) is 9.62. The van der Waals surface area contributed by atoms with E-state index in [1.165, 1.54) is 41.6 Å². The molecule has 4 saturated carbocycles. The first kappa shape index (κ1) is 21.7. The average molecular weight is 453 g/mol. The Morgan fingerprint density at radius 2 is 1.50 bits per heavy atom. The normalized spacial score (nSPS) is 27.1. The van der Waals surface area contributed by atoms with E-state index in [4.69, 9.17) is 0 Å². The van der Waals surface area contributed by atoms with Crippen molar-refractivity contribution >= 4 is 5.91 Å². The van der Waals surface area contributed by atoms with Gasteiger partial charge in [0.1, 0.15) is 0 Å². The van der Waals surface area contributed by atoms with E-state index in [0.29, 0.717) is 19.0 Å². The van der Waals surface area contributed by atoms with E-state index in [9.17, 15) is 4.79 Å². The summed E-state index contributed by atoms with van der Waals surface area (Å²) >= 11 is 0. The molecule has 0 saturated heterocycles. The van der Waals surface area contributed by atoms with Crippen molar-refractivity contribution in [2.45, 2.75) is 65.1 Å². The molecule has 3 heteroatoms. The minimum atomic E-state index is -0.114. The summed E-state index contributed by atoms with van der Waals surface area (Å²) in [5, 5.41) is 0. The molecule has 1 aromatic heterocycles. The molecule has 176 valence electrons. The zero-order valence-electron chi connectivity index (χ0n) is 20.3. The number of nitrogens with zero attached hydrogens (tertiary/aromatic N) is 2. The highest BCUT2D eigenvalue weighted by atomic mass is 16.2. The van der Waals surface area contributed by atoms with Crippen LogP contribution in [0.2, 0.25) is 0 Å². The van der Waals surface area contributed by atoms with Gasteiger partial charge in [0.05, 0.1) is 12.0 Å². The second-order valence-electron chi connectivity index (χ2n) is 11.4. The number of hydrogen-bond acceptors (Lipinski definition) is 1. The van der Waals surface area contributed by atoms with E-state index < -0.39 is 0 Å². The topological polar surface area (TPSA) is 25.2 Å². The van der Waals surface area contributed by atoms with Crippen molar-refractivity contribution in [1.29, 1.82) is 0 Å². The molecule has 0 spiro atoms. The van der Waals surface area contributed by atoms with Crippen LogP contribution in [0, 0.1) is 30.1 Å². The van der Waals surface area contributed by atoms with Crippen molar-refractivity contribution in [2.24, 2.45) is 23.2 Å². The molecule has 3 aromatic rings. The minimum absolute atomic E-state index is 0.114. The van der Waals surface area contributed by atoms with Crippen LogP contribution in [0.3, 0.4) is 0 Å². The summed E-state index contributed by atoms with van der Waals surface area (Å²) in [4.78, 5) is 16.6. The van der Waals surface area contributed by atoms with Gasteiger partial charge in [-0.1, -0.05) is 54.6 Å². The Morgan fingerprint density at radius 1 is 0.853 bits per heavy atom. The molecule has 0 N–H and O–H groups in total. The Balaban J connectivity index is 1.29. The smallest absolute Gasteiger partial charge is 0.229 e. The van der Waals surface area contributed by atoms with Crippen LogP contribution in [-0.2, 0) is 24.4 Å². The fraction of sp³-hybridized carbons (Fsp3) is 0.452. The van der Waals surface area contributed by atoms with Gasteiger partial charge in [0.25, 0.3) is 0 Å². The standard InChI is InChI=1S/C31H36N2O/c1-23-8-5-6-11-28(23)21-32-13-7-12-29(32)22-33(20-24-9-3-2-4-10-24)30(34)31-17-25-14-26(18-31)16-27(15-25)19-31/h2-13,25-27H,14-22H2,1H3. The monoisotopic (exact) mass is 452 g/mol. The largest absolute Gasteiger partial charge is 0.345 e. The molecule has 2 aromatic carbocycles. The molecule has 3 nitrogen and oxygen atoms in total. The minimum Gasteiger partial charge on any atom is -0.345 e. The van der Waals surface area contributed by atoms with Gasteiger partial charge in [-0.2, -0.15) is 0 Å². The first-order valence-corrected chi connectivity index (χ1v) is 13.1. The van der Waals surface area contributed by atoms with E-state index in [2.05, 4.69) is 89.3 Å². The van der Waals surface area contributed by atoms with Gasteiger partial charge in [-0.05, 0) is 92.0 Å². The third kappa shape index (κ3) is 4.10. The fourth-order valence-corrected chi connectivity index (χ4v) is 7.63. The Hall–Kier alpha value is -2.81. The summed E-state index contributed by atoms with van der Waals surface area (Å²) < 4.78 is 2.33. The highest BCUT2D eigenvalue weighted by molar-refractivity contribution is 5.83. The number of carbonyl (C=O) groups is 1. The van der Waals surface area contributed by atoms with Crippen LogP contribution in [0.25, 0.3) is 0 Å². The molecule has 4 fully saturated rings. The van der Waals surface area contributed by atoms with Gasteiger partial charge in [-0.3, -0.25) is 4.79 Å². The average Bonchev–Trinajstić information content (AvgIpc) is 3.26. The summed E-state index contributed by atoms with van der Waals surface area (Å²) in [7, 11) is 0. The lowest BCUT2D eigenvalue weighted by Gasteiger charge is -2.56. The lowest BCUT2D eigenvalue weighted by Crippen LogP contribution is -2.54. The third-order valence-corrected chi connectivity index (χ3v) is 8.87. The van der Waals surface area contributed by atoms with Crippen LogP contribution < -0.4 is 0 Å². The number of carbonyl (C=O) groups excluding carboxylic acids is 1. The molecular formula is C31H36N2O. The number of aryl methyl sites for hydroxylation is 1. The summed E-state index contributed by atoms with van der Waals surface area (Å²) in [6.45, 7) is 4.39. The van der Waals surface area contributed by atoms with Crippen LogP contribution in [0.4, 0.5) is 0 Å². The van der Waals surface area contributed by atoms with Crippen LogP contribution >= 0.6 is 0 Å². The van der Waals surface area contributed by atoms with Crippen molar-refractivity contribution < 1.29 is 4.79 Å². The van der Waals surface area contributed by atoms with Crippen molar-refractivity contribution in [3.8, 4) is 0 Å². The Bertz CT molecular complexity index is 1130. The lowest BCUT2D eigenvalue weighted by molar-refractivity contribution is -0.159. The van der Waals surface area contributed by atoms with Crippen LogP contribution in [0.1, 0.15) is 60.9 Å². The zero-order chi connectivity index (χ0) is 23.1.